The largest absolute Gasteiger partial charge is 0.388 e. The predicted octanol–water partition coefficient (Wildman–Crippen LogP) is 1.65. The summed E-state index contributed by atoms with van der Waals surface area (Å²) in [5, 5.41) is 12.7. The number of aliphatic hydroxyl groups is 1. The summed E-state index contributed by atoms with van der Waals surface area (Å²) in [4.78, 5) is 11.6. The number of hydrogen-bond donors (Lipinski definition) is 2. The SMILES string of the molecule is CSCC[C@](C)(O)CNC(=O)C(C)(C)C. The van der Waals surface area contributed by atoms with Crippen LogP contribution in [-0.4, -0.2) is 35.2 Å². The predicted molar refractivity (Wildman–Crippen MR) is 66.1 cm³/mol. The van der Waals surface area contributed by atoms with Crippen LogP contribution in [0.3, 0.4) is 0 Å². The molecular formula is C11H23NO2S. The second-order valence-electron chi connectivity index (χ2n) is 5.17. The summed E-state index contributed by atoms with van der Waals surface area (Å²) in [5.74, 6) is 0.880. The van der Waals surface area contributed by atoms with Crippen molar-refractivity contribution in [2.75, 3.05) is 18.6 Å². The van der Waals surface area contributed by atoms with Crippen LogP contribution in [0.1, 0.15) is 34.1 Å². The van der Waals surface area contributed by atoms with Gasteiger partial charge in [-0.15, -0.1) is 0 Å². The lowest BCUT2D eigenvalue weighted by Gasteiger charge is -2.26. The third-order valence-electron chi connectivity index (χ3n) is 2.16. The lowest BCUT2D eigenvalue weighted by Crippen LogP contribution is -2.44. The fourth-order valence-electron chi connectivity index (χ4n) is 0.946. The van der Waals surface area contributed by atoms with Crippen molar-refractivity contribution in [2.24, 2.45) is 5.41 Å². The first-order valence-electron chi connectivity index (χ1n) is 5.19. The smallest absolute Gasteiger partial charge is 0.225 e. The zero-order valence-electron chi connectivity index (χ0n) is 10.4. The van der Waals surface area contributed by atoms with Crippen LogP contribution >= 0.6 is 11.8 Å². The lowest BCUT2D eigenvalue weighted by atomic mass is 9.95. The maximum Gasteiger partial charge on any atom is 0.225 e. The molecule has 0 rings (SSSR count). The molecule has 1 atom stereocenters. The Hall–Kier alpha value is -0.220. The molecule has 1 amide bonds. The van der Waals surface area contributed by atoms with Crippen LogP contribution in [0.2, 0.25) is 0 Å². The van der Waals surface area contributed by atoms with Crippen molar-refractivity contribution < 1.29 is 9.90 Å². The summed E-state index contributed by atoms with van der Waals surface area (Å²) >= 11 is 1.70. The van der Waals surface area contributed by atoms with Gasteiger partial charge in [-0.25, -0.2) is 0 Å². The number of nitrogens with one attached hydrogen (secondary N) is 1. The van der Waals surface area contributed by atoms with E-state index < -0.39 is 11.0 Å². The Morgan fingerprint density at radius 1 is 1.33 bits per heavy atom. The van der Waals surface area contributed by atoms with E-state index >= 15 is 0 Å². The van der Waals surface area contributed by atoms with E-state index in [2.05, 4.69) is 5.32 Å². The van der Waals surface area contributed by atoms with Crippen LogP contribution in [-0.2, 0) is 4.79 Å². The van der Waals surface area contributed by atoms with Gasteiger partial charge in [0.2, 0.25) is 5.91 Å². The van der Waals surface area contributed by atoms with Crippen LogP contribution < -0.4 is 5.32 Å². The zero-order valence-corrected chi connectivity index (χ0v) is 11.2. The molecule has 2 N–H and O–H groups in total. The summed E-state index contributed by atoms with van der Waals surface area (Å²) in [7, 11) is 0. The topological polar surface area (TPSA) is 49.3 Å². The van der Waals surface area contributed by atoms with E-state index in [1.165, 1.54) is 0 Å². The maximum atomic E-state index is 11.6. The van der Waals surface area contributed by atoms with E-state index in [9.17, 15) is 9.90 Å². The van der Waals surface area contributed by atoms with Crippen LogP contribution in [0, 0.1) is 5.41 Å². The molecule has 0 aromatic rings. The Kier molecular flexibility index (Phi) is 5.67. The zero-order chi connectivity index (χ0) is 12.1. The van der Waals surface area contributed by atoms with E-state index in [1.54, 1.807) is 18.7 Å². The first-order valence-corrected chi connectivity index (χ1v) is 6.58. The number of rotatable bonds is 5. The van der Waals surface area contributed by atoms with E-state index in [0.29, 0.717) is 13.0 Å². The molecule has 0 saturated heterocycles. The van der Waals surface area contributed by atoms with Gasteiger partial charge >= 0.3 is 0 Å². The minimum absolute atomic E-state index is 0.0214. The van der Waals surface area contributed by atoms with Crippen molar-refractivity contribution in [1.82, 2.24) is 5.32 Å². The van der Waals surface area contributed by atoms with E-state index in [0.717, 1.165) is 5.75 Å². The fraction of sp³-hybridized carbons (Fsp3) is 0.909. The van der Waals surface area contributed by atoms with Crippen LogP contribution in [0.25, 0.3) is 0 Å². The van der Waals surface area contributed by atoms with Crippen LogP contribution in [0.4, 0.5) is 0 Å². The second kappa shape index (κ2) is 5.75. The van der Waals surface area contributed by atoms with Gasteiger partial charge in [-0.1, -0.05) is 20.8 Å². The molecule has 0 aliphatic rings. The van der Waals surface area contributed by atoms with Gasteiger partial charge in [-0.05, 0) is 25.4 Å². The van der Waals surface area contributed by atoms with Gasteiger partial charge in [0.05, 0.1) is 5.60 Å². The Morgan fingerprint density at radius 2 is 1.87 bits per heavy atom. The third-order valence-corrected chi connectivity index (χ3v) is 2.77. The van der Waals surface area contributed by atoms with Crippen LogP contribution in [0.15, 0.2) is 0 Å². The normalized spacial score (nSPS) is 15.9. The monoisotopic (exact) mass is 233 g/mol. The van der Waals surface area contributed by atoms with Crippen molar-refractivity contribution in [3.63, 3.8) is 0 Å². The molecular weight excluding hydrogens is 210 g/mol. The van der Waals surface area contributed by atoms with Crippen molar-refractivity contribution in [3.05, 3.63) is 0 Å². The number of amides is 1. The van der Waals surface area contributed by atoms with Crippen molar-refractivity contribution in [1.29, 1.82) is 0 Å². The molecule has 0 radical (unpaired) electrons. The van der Waals surface area contributed by atoms with Crippen molar-refractivity contribution in [3.8, 4) is 0 Å². The second-order valence-corrected chi connectivity index (χ2v) is 6.16. The molecule has 0 fully saturated rings. The molecule has 4 heteroatoms. The summed E-state index contributed by atoms with van der Waals surface area (Å²) in [5.41, 5.74) is -1.19. The highest BCUT2D eigenvalue weighted by molar-refractivity contribution is 7.98. The average molecular weight is 233 g/mol. The molecule has 0 aliphatic heterocycles. The molecule has 0 unspecified atom stereocenters. The molecule has 0 aromatic heterocycles. The highest BCUT2D eigenvalue weighted by Crippen LogP contribution is 2.15. The van der Waals surface area contributed by atoms with Gasteiger partial charge < -0.3 is 10.4 Å². The molecule has 0 spiro atoms. The van der Waals surface area contributed by atoms with E-state index in [4.69, 9.17) is 0 Å². The van der Waals surface area contributed by atoms with Crippen molar-refractivity contribution in [2.45, 2.75) is 39.7 Å². The molecule has 3 nitrogen and oxygen atoms in total. The number of hydrogen-bond acceptors (Lipinski definition) is 3. The Labute approximate surface area is 97.0 Å². The quantitative estimate of drug-likeness (QED) is 0.759. The lowest BCUT2D eigenvalue weighted by molar-refractivity contribution is -0.129. The molecule has 0 aliphatic carbocycles. The molecule has 15 heavy (non-hydrogen) atoms. The molecule has 0 bridgehead atoms. The van der Waals surface area contributed by atoms with Gasteiger partial charge in [-0.3, -0.25) is 4.79 Å². The minimum atomic E-state index is -0.802. The van der Waals surface area contributed by atoms with Gasteiger partial charge in [0, 0.05) is 12.0 Å². The van der Waals surface area contributed by atoms with Gasteiger partial charge in [0.15, 0.2) is 0 Å². The summed E-state index contributed by atoms with van der Waals surface area (Å²) < 4.78 is 0. The summed E-state index contributed by atoms with van der Waals surface area (Å²) in [6, 6.07) is 0. The van der Waals surface area contributed by atoms with Crippen LogP contribution in [0.5, 0.6) is 0 Å². The van der Waals surface area contributed by atoms with Gasteiger partial charge in [-0.2, -0.15) is 11.8 Å². The van der Waals surface area contributed by atoms with E-state index in [-0.39, 0.29) is 5.91 Å². The summed E-state index contributed by atoms with van der Waals surface area (Å²) in [6.45, 7) is 7.66. The first kappa shape index (κ1) is 14.8. The minimum Gasteiger partial charge on any atom is -0.388 e. The Morgan fingerprint density at radius 3 is 2.27 bits per heavy atom. The maximum absolute atomic E-state index is 11.6. The highest BCUT2D eigenvalue weighted by atomic mass is 32.2. The van der Waals surface area contributed by atoms with Gasteiger partial charge in [0.25, 0.3) is 0 Å². The average Bonchev–Trinajstić information content (AvgIpc) is 2.09. The van der Waals surface area contributed by atoms with E-state index in [1.807, 2.05) is 27.0 Å². The standard InChI is InChI=1S/C11H23NO2S/c1-10(2,3)9(13)12-8-11(4,14)6-7-15-5/h14H,6-8H2,1-5H3,(H,12,13)/t11-/m0/s1. The highest BCUT2D eigenvalue weighted by Gasteiger charge is 2.25. The Balaban J connectivity index is 3.98. The number of carbonyl (C=O) groups excluding carboxylic acids is 1. The number of carbonyl (C=O) groups is 1. The number of thioether (sulfide) groups is 1. The molecule has 90 valence electrons. The fourth-order valence-corrected chi connectivity index (χ4v) is 1.59. The van der Waals surface area contributed by atoms with Crippen molar-refractivity contribution >= 4 is 17.7 Å². The first-order chi connectivity index (χ1) is 6.69. The molecule has 0 aromatic carbocycles. The molecule has 0 saturated carbocycles. The Bertz CT molecular complexity index is 209. The summed E-state index contributed by atoms with van der Waals surface area (Å²) in [6.07, 6.45) is 2.70. The van der Waals surface area contributed by atoms with Gasteiger partial charge in [0.1, 0.15) is 0 Å². The third kappa shape index (κ3) is 6.79. The molecule has 0 heterocycles.